The van der Waals surface area contributed by atoms with Crippen LogP contribution < -0.4 is 5.56 Å². The molecule has 2 aromatic heterocycles. The molecule has 0 bridgehead atoms. The van der Waals surface area contributed by atoms with Crippen LogP contribution in [0.2, 0.25) is 0 Å². The number of thioether (sulfide) groups is 1. The van der Waals surface area contributed by atoms with Crippen molar-refractivity contribution < 1.29 is 0 Å². The molecule has 6 nitrogen and oxygen atoms in total. The van der Waals surface area contributed by atoms with Gasteiger partial charge < -0.3 is 4.98 Å². The van der Waals surface area contributed by atoms with Crippen LogP contribution in [0.4, 0.5) is 0 Å². The van der Waals surface area contributed by atoms with Gasteiger partial charge in [0, 0.05) is 0 Å². The Morgan fingerprint density at radius 2 is 1.78 bits per heavy atom. The van der Waals surface area contributed by atoms with Crippen LogP contribution in [0, 0.1) is 13.8 Å². The Kier molecular flexibility index (Phi) is 4.53. The van der Waals surface area contributed by atoms with E-state index in [0.29, 0.717) is 16.7 Å². The van der Waals surface area contributed by atoms with E-state index in [0.717, 1.165) is 22.2 Å². The van der Waals surface area contributed by atoms with Gasteiger partial charge in [0.05, 0.1) is 21.8 Å². The number of aryl methyl sites for hydroxylation is 2. The largest absolute Gasteiger partial charge is 0.309 e. The molecule has 27 heavy (non-hydrogen) atoms. The van der Waals surface area contributed by atoms with Crippen LogP contribution in [0.5, 0.6) is 0 Å². The third-order valence-electron chi connectivity index (χ3n) is 4.45. The molecular formula is C20H19N5OS. The van der Waals surface area contributed by atoms with Crippen molar-refractivity contribution in [3.8, 4) is 5.69 Å². The maximum atomic E-state index is 12.4. The lowest BCUT2D eigenvalue weighted by molar-refractivity contribution is 0.846. The van der Waals surface area contributed by atoms with Crippen LogP contribution in [0.15, 0.2) is 58.5 Å². The standard InChI is InChI=1S/C20H19N5OS/c1-12-8-4-7-11-17(12)25-14(3)23-24-20(25)27-13(2)18-21-16-10-6-5-9-15(16)19(26)22-18/h4-11,13H,1-3H3,(H,21,22,26)/t13-/m0/s1. The second-order valence-electron chi connectivity index (χ2n) is 6.38. The molecule has 0 amide bonds. The summed E-state index contributed by atoms with van der Waals surface area (Å²) in [7, 11) is 0. The fourth-order valence-corrected chi connectivity index (χ4v) is 3.99. The summed E-state index contributed by atoms with van der Waals surface area (Å²) in [6.07, 6.45) is 0. The van der Waals surface area contributed by atoms with E-state index < -0.39 is 0 Å². The third-order valence-corrected chi connectivity index (χ3v) is 5.50. The molecule has 2 aromatic carbocycles. The number of H-pyrrole nitrogens is 1. The second kappa shape index (κ2) is 7.00. The smallest absolute Gasteiger partial charge is 0.258 e. The molecule has 4 aromatic rings. The Balaban J connectivity index is 1.72. The van der Waals surface area contributed by atoms with Crippen molar-refractivity contribution in [3.63, 3.8) is 0 Å². The zero-order valence-corrected chi connectivity index (χ0v) is 16.1. The molecule has 4 rings (SSSR count). The lowest BCUT2D eigenvalue weighted by Crippen LogP contribution is -2.13. The average Bonchev–Trinajstić information content (AvgIpc) is 3.02. The van der Waals surface area contributed by atoms with Crippen LogP contribution in [-0.2, 0) is 0 Å². The van der Waals surface area contributed by atoms with Gasteiger partial charge in [-0.2, -0.15) is 0 Å². The molecule has 1 atom stereocenters. The highest BCUT2D eigenvalue weighted by Gasteiger charge is 2.19. The molecule has 0 aliphatic heterocycles. The van der Waals surface area contributed by atoms with E-state index in [4.69, 9.17) is 0 Å². The highest BCUT2D eigenvalue weighted by atomic mass is 32.2. The number of aromatic amines is 1. The van der Waals surface area contributed by atoms with Crippen molar-refractivity contribution in [1.29, 1.82) is 0 Å². The number of para-hydroxylation sites is 2. The summed E-state index contributed by atoms with van der Waals surface area (Å²) in [4.78, 5) is 19.9. The Labute approximate surface area is 160 Å². The van der Waals surface area contributed by atoms with E-state index in [9.17, 15) is 4.79 Å². The summed E-state index contributed by atoms with van der Waals surface area (Å²) >= 11 is 1.52. The topological polar surface area (TPSA) is 76.5 Å². The van der Waals surface area contributed by atoms with Crippen molar-refractivity contribution in [2.24, 2.45) is 0 Å². The van der Waals surface area contributed by atoms with Crippen LogP contribution in [-0.4, -0.2) is 24.7 Å². The summed E-state index contributed by atoms with van der Waals surface area (Å²) in [5.41, 5.74) is 2.77. The van der Waals surface area contributed by atoms with Crippen molar-refractivity contribution in [2.75, 3.05) is 0 Å². The summed E-state index contributed by atoms with van der Waals surface area (Å²) in [6.45, 7) is 6.00. The molecular weight excluding hydrogens is 358 g/mol. The number of fused-ring (bicyclic) bond motifs is 1. The highest BCUT2D eigenvalue weighted by Crippen LogP contribution is 2.34. The maximum absolute atomic E-state index is 12.4. The molecule has 0 aliphatic rings. The minimum absolute atomic E-state index is 0.0892. The molecule has 0 saturated heterocycles. The van der Waals surface area contributed by atoms with E-state index in [-0.39, 0.29) is 10.8 Å². The van der Waals surface area contributed by atoms with Crippen LogP contribution in [0.1, 0.15) is 29.4 Å². The van der Waals surface area contributed by atoms with E-state index in [1.807, 2.05) is 48.7 Å². The molecule has 0 saturated carbocycles. The van der Waals surface area contributed by atoms with Gasteiger partial charge in [0.15, 0.2) is 5.16 Å². The quantitative estimate of drug-likeness (QED) is 0.545. The van der Waals surface area contributed by atoms with Gasteiger partial charge >= 0.3 is 0 Å². The first-order valence-electron chi connectivity index (χ1n) is 8.68. The Hall–Kier alpha value is -2.93. The number of rotatable bonds is 4. The zero-order chi connectivity index (χ0) is 19.0. The average molecular weight is 377 g/mol. The van der Waals surface area contributed by atoms with Crippen LogP contribution in [0.25, 0.3) is 16.6 Å². The van der Waals surface area contributed by atoms with Gasteiger partial charge in [-0.3, -0.25) is 9.36 Å². The third kappa shape index (κ3) is 3.26. The number of hydrogen-bond donors (Lipinski definition) is 1. The summed E-state index contributed by atoms with van der Waals surface area (Å²) in [5.74, 6) is 1.44. The van der Waals surface area contributed by atoms with Crippen molar-refractivity contribution in [3.05, 3.63) is 76.1 Å². The molecule has 136 valence electrons. The fraction of sp³-hybridized carbons (Fsp3) is 0.200. The van der Waals surface area contributed by atoms with Crippen LogP contribution in [0.3, 0.4) is 0 Å². The number of nitrogens with zero attached hydrogens (tertiary/aromatic N) is 4. The molecule has 0 radical (unpaired) electrons. The normalized spacial score (nSPS) is 12.4. The molecule has 7 heteroatoms. The maximum Gasteiger partial charge on any atom is 0.258 e. The van der Waals surface area contributed by atoms with E-state index in [1.54, 1.807) is 6.07 Å². The van der Waals surface area contributed by atoms with Gasteiger partial charge in [-0.15, -0.1) is 10.2 Å². The first kappa shape index (κ1) is 17.5. The molecule has 0 fully saturated rings. The molecule has 1 N–H and O–H groups in total. The summed E-state index contributed by atoms with van der Waals surface area (Å²) < 4.78 is 2.04. The van der Waals surface area contributed by atoms with Crippen molar-refractivity contribution in [2.45, 2.75) is 31.2 Å². The number of benzene rings is 2. The predicted octanol–water partition coefficient (Wildman–Crippen LogP) is 3.97. The van der Waals surface area contributed by atoms with E-state index >= 15 is 0 Å². The Bertz CT molecular complexity index is 1180. The van der Waals surface area contributed by atoms with Gasteiger partial charge in [-0.05, 0) is 44.5 Å². The molecule has 2 heterocycles. The monoisotopic (exact) mass is 377 g/mol. The minimum atomic E-state index is -0.125. The predicted molar refractivity (Wildman–Crippen MR) is 107 cm³/mol. The summed E-state index contributed by atoms with van der Waals surface area (Å²) in [6, 6.07) is 15.5. The van der Waals surface area contributed by atoms with Gasteiger partial charge in [-0.25, -0.2) is 4.98 Å². The first-order chi connectivity index (χ1) is 13.0. The number of hydrogen-bond acceptors (Lipinski definition) is 5. The van der Waals surface area contributed by atoms with Gasteiger partial charge in [0.25, 0.3) is 5.56 Å². The second-order valence-corrected chi connectivity index (χ2v) is 7.69. The van der Waals surface area contributed by atoms with Crippen LogP contribution >= 0.6 is 11.8 Å². The molecule has 0 spiro atoms. The summed E-state index contributed by atoms with van der Waals surface area (Å²) in [5, 5.41) is 9.86. The SMILES string of the molecule is Cc1ccccc1-n1c(C)nnc1S[C@@H](C)c1nc2ccccc2c(=O)[nH]1. The van der Waals surface area contributed by atoms with Crippen molar-refractivity contribution >= 4 is 22.7 Å². The lowest BCUT2D eigenvalue weighted by Gasteiger charge is -2.14. The lowest BCUT2D eigenvalue weighted by atomic mass is 10.2. The van der Waals surface area contributed by atoms with Crippen molar-refractivity contribution in [1.82, 2.24) is 24.7 Å². The zero-order valence-electron chi connectivity index (χ0n) is 15.3. The number of nitrogens with one attached hydrogen (secondary N) is 1. The first-order valence-corrected chi connectivity index (χ1v) is 9.56. The Morgan fingerprint density at radius 1 is 1.04 bits per heavy atom. The fourth-order valence-electron chi connectivity index (χ4n) is 3.02. The molecule has 0 aliphatic carbocycles. The minimum Gasteiger partial charge on any atom is -0.309 e. The van der Waals surface area contributed by atoms with Gasteiger partial charge in [0.2, 0.25) is 0 Å². The molecule has 0 unspecified atom stereocenters. The van der Waals surface area contributed by atoms with E-state index in [2.05, 4.69) is 39.2 Å². The van der Waals surface area contributed by atoms with Gasteiger partial charge in [0.1, 0.15) is 11.6 Å². The van der Waals surface area contributed by atoms with E-state index in [1.165, 1.54) is 11.8 Å². The van der Waals surface area contributed by atoms with Gasteiger partial charge in [-0.1, -0.05) is 42.1 Å². The Morgan fingerprint density at radius 3 is 2.59 bits per heavy atom. The number of aromatic nitrogens is 5. The highest BCUT2D eigenvalue weighted by molar-refractivity contribution is 7.99.